The Kier molecular flexibility index (Phi) is 6.41. The molecule has 28 heavy (non-hydrogen) atoms. The highest BCUT2D eigenvalue weighted by Crippen LogP contribution is 2.17. The molecule has 148 valence electrons. The lowest BCUT2D eigenvalue weighted by molar-refractivity contribution is -0.143. The number of rotatable bonds is 9. The number of aromatic nitrogens is 4. The monoisotopic (exact) mass is 384 g/mol. The Morgan fingerprint density at radius 3 is 2.36 bits per heavy atom. The van der Waals surface area contributed by atoms with Crippen LogP contribution < -0.4 is 9.47 Å². The van der Waals surface area contributed by atoms with Crippen molar-refractivity contribution < 1.29 is 19.0 Å². The molecule has 0 unspecified atom stereocenters. The highest BCUT2D eigenvalue weighted by atomic mass is 16.6. The summed E-state index contributed by atoms with van der Waals surface area (Å²) in [6.07, 6.45) is 0.954. The first-order chi connectivity index (χ1) is 13.5. The summed E-state index contributed by atoms with van der Waals surface area (Å²) in [4.78, 5) is 20.6. The molecule has 0 saturated carbocycles. The summed E-state index contributed by atoms with van der Waals surface area (Å²) >= 11 is 0. The third kappa shape index (κ3) is 5.18. The Hall–Kier alpha value is -3.16. The van der Waals surface area contributed by atoms with Crippen LogP contribution in [0.3, 0.4) is 0 Å². The molecule has 0 spiro atoms. The molecule has 0 aliphatic carbocycles. The van der Waals surface area contributed by atoms with Crippen molar-refractivity contribution in [1.82, 2.24) is 19.6 Å². The van der Waals surface area contributed by atoms with Crippen LogP contribution in [0.1, 0.15) is 30.6 Å². The third-order valence-electron chi connectivity index (χ3n) is 3.88. The maximum atomic E-state index is 12.0. The number of esters is 1. The first kappa shape index (κ1) is 19.6. The van der Waals surface area contributed by atoms with Gasteiger partial charge in [-0.2, -0.15) is 4.98 Å². The first-order valence-corrected chi connectivity index (χ1v) is 9.26. The fourth-order valence-corrected chi connectivity index (χ4v) is 2.63. The number of aryl methyl sites for hydroxylation is 2. The summed E-state index contributed by atoms with van der Waals surface area (Å²) in [5, 5.41) is 4.30. The van der Waals surface area contributed by atoms with Gasteiger partial charge >= 0.3 is 5.97 Å². The van der Waals surface area contributed by atoms with Gasteiger partial charge in [0, 0.05) is 11.4 Å². The molecule has 3 rings (SSSR count). The van der Waals surface area contributed by atoms with E-state index in [9.17, 15) is 4.79 Å². The van der Waals surface area contributed by atoms with E-state index < -0.39 is 5.97 Å². The van der Waals surface area contributed by atoms with Crippen molar-refractivity contribution in [3.05, 3.63) is 47.5 Å². The molecule has 0 amide bonds. The third-order valence-corrected chi connectivity index (χ3v) is 3.88. The highest BCUT2D eigenvalue weighted by molar-refractivity contribution is 5.71. The number of ether oxygens (including phenoxy) is 3. The van der Waals surface area contributed by atoms with Crippen LogP contribution in [0.5, 0.6) is 11.5 Å². The molecule has 0 aliphatic rings. The lowest BCUT2D eigenvalue weighted by Crippen LogP contribution is -2.14. The minimum absolute atomic E-state index is 0.00862. The molecule has 1 aromatic carbocycles. The van der Waals surface area contributed by atoms with Gasteiger partial charge in [0.25, 0.3) is 5.78 Å². The summed E-state index contributed by atoms with van der Waals surface area (Å²) < 4.78 is 17.9. The number of carbonyl (C=O) groups is 1. The van der Waals surface area contributed by atoms with E-state index in [0.29, 0.717) is 24.0 Å². The van der Waals surface area contributed by atoms with E-state index in [1.54, 1.807) is 4.52 Å². The summed E-state index contributed by atoms with van der Waals surface area (Å²) in [5.74, 6) is 1.96. The number of fused-ring (bicyclic) bond motifs is 1. The molecule has 3 aromatic rings. The first-order valence-electron chi connectivity index (χ1n) is 9.26. The average Bonchev–Trinajstić information content (AvgIpc) is 3.07. The summed E-state index contributed by atoms with van der Waals surface area (Å²) in [6.45, 7) is 6.96. The minimum atomic E-state index is -0.405. The zero-order chi connectivity index (χ0) is 19.9. The number of benzene rings is 1. The van der Waals surface area contributed by atoms with E-state index >= 15 is 0 Å². The van der Waals surface area contributed by atoms with Gasteiger partial charge in [-0.15, -0.1) is 5.10 Å². The fourth-order valence-electron chi connectivity index (χ4n) is 2.63. The van der Waals surface area contributed by atoms with Gasteiger partial charge in [0.05, 0.1) is 6.61 Å². The van der Waals surface area contributed by atoms with Crippen molar-refractivity contribution in [2.24, 2.45) is 0 Å². The second-order valence-corrected chi connectivity index (χ2v) is 6.34. The Morgan fingerprint density at radius 1 is 1.00 bits per heavy atom. The molecule has 0 bridgehead atoms. The largest absolute Gasteiger partial charge is 0.494 e. The lowest BCUT2D eigenvalue weighted by atomic mass is 10.3. The van der Waals surface area contributed by atoms with Crippen molar-refractivity contribution in [2.75, 3.05) is 19.8 Å². The standard InChI is InChI=1S/C20H24N4O4/c1-4-9-26-16-5-7-17(8-6-16)27-10-11-28-19(25)13-18-22-20-21-14(2)12-15(3)24(20)23-18/h5-8,12H,4,9-11,13H2,1-3H3. The van der Waals surface area contributed by atoms with Crippen LogP contribution in [0, 0.1) is 13.8 Å². The Bertz CT molecular complexity index is 937. The SMILES string of the molecule is CCCOc1ccc(OCCOC(=O)Cc2nc3nc(C)cc(C)n3n2)cc1. The van der Waals surface area contributed by atoms with Crippen molar-refractivity contribution in [3.63, 3.8) is 0 Å². The van der Waals surface area contributed by atoms with Gasteiger partial charge in [-0.3, -0.25) is 4.79 Å². The molecule has 0 N–H and O–H groups in total. The van der Waals surface area contributed by atoms with E-state index in [0.717, 1.165) is 23.6 Å². The predicted octanol–water partition coefficient (Wildman–Crippen LogP) is 2.69. The van der Waals surface area contributed by atoms with Crippen molar-refractivity contribution in [1.29, 1.82) is 0 Å². The summed E-state index contributed by atoms with van der Waals surface area (Å²) in [5.41, 5.74) is 1.77. The zero-order valence-electron chi connectivity index (χ0n) is 16.3. The molecule has 2 heterocycles. The maximum absolute atomic E-state index is 12.0. The van der Waals surface area contributed by atoms with Crippen LogP contribution in [0.15, 0.2) is 30.3 Å². The van der Waals surface area contributed by atoms with Crippen LogP contribution in [0.25, 0.3) is 5.78 Å². The minimum Gasteiger partial charge on any atom is -0.494 e. The summed E-state index contributed by atoms with van der Waals surface area (Å²) in [6, 6.07) is 9.26. The van der Waals surface area contributed by atoms with Gasteiger partial charge in [0.1, 0.15) is 31.1 Å². The number of hydrogen-bond donors (Lipinski definition) is 0. The van der Waals surface area contributed by atoms with E-state index in [1.807, 2.05) is 44.2 Å². The lowest BCUT2D eigenvalue weighted by Gasteiger charge is -2.08. The van der Waals surface area contributed by atoms with E-state index in [-0.39, 0.29) is 19.6 Å². The van der Waals surface area contributed by atoms with E-state index in [2.05, 4.69) is 22.0 Å². The molecule has 8 nitrogen and oxygen atoms in total. The number of carbonyl (C=O) groups excluding carboxylic acids is 1. The van der Waals surface area contributed by atoms with Crippen LogP contribution >= 0.6 is 0 Å². The molecule has 0 fully saturated rings. The molecule has 0 aliphatic heterocycles. The van der Waals surface area contributed by atoms with Gasteiger partial charge in [-0.05, 0) is 50.6 Å². The van der Waals surface area contributed by atoms with Crippen molar-refractivity contribution in [3.8, 4) is 11.5 Å². The smallest absolute Gasteiger partial charge is 0.313 e. The van der Waals surface area contributed by atoms with Gasteiger partial charge in [0.15, 0.2) is 5.82 Å². The Morgan fingerprint density at radius 2 is 1.68 bits per heavy atom. The van der Waals surface area contributed by atoms with Gasteiger partial charge < -0.3 is 14.2 Å². The molecule has 8 heteroatoms. The second kappa shape index (κ2) is 9.16. The quantitative estimate of drug-likeness (QED) is 0.414. The van der Waals surface area contributed by atoms with Crippen LogP contribution in [-0.4, -0.2) is 45.4 Å². The molecule has 0 atom stereocenters. The van der Waals surface area contributed by atoms with E-state index in [1.165, 1.54) is 0 Å². The Labute approximate surface area is 163 Å². The van der Waals surface area contributed by atoms with Crippen LogP contribution in [-0.2, 0) is 16.0 Å². The molecular weight excluding hydrogens is 360 g/mol. The van der Waals surface area contributed by atoms with Crippen molar-refractivity contribution >= 4 is 11.7 Å². The average molecular weight is 384 g/mol. The Balaban J connectivity index is 1.43. The zero-order valence-corrected chi connectivity index (χ0v) is 16.3. The molecule has 2 aromatic heterocycles. The van der Waals surface area contributed by atoms with Gasteiger partial charge in [-0.25, -0.2) is 9.50 Å². The number of nitrogens with zero attached hydrogens (tertiary/aromatic N) is 4. The van der Waals surface area contributed by atoms with Gasteiger partial charge in [0.2, 0.25) is 0 Å². The maximum Gasteiger partial charge on any atom is 0.313 e. The normalized spacial score (nSPS) is 10.8. The molecule has 0 radical (unpaired) electrons. The topological polar surface area (TPSA) is 87.8 Å². The predicted molar refractivity (Wildman–Crippen MR) is 103 cm³/mol. The molecule has 0 saturated heterocycles. The van der Waals surface area contributed by atoms with E-state index in [4.69, 9.17) is 14.2 Å². The molecular formula is C20H24N4O4. The highest BCUT2D eigenvalue weighted by Gasteiger charge is 2.12. The van der Waals surface area contributed by atoms with Crippen LogP contribution in [0.4, 0.5) is 0 Å². The fraction of sp³-hybridized carbons (Fsp3) is 0.400. The number of hydrogen-bond acceptors (Lipinski definition) is 7. The van der Waals surface area contributed by atoms with Gasteiger partial charge in [-0.1, -0.05) is 6.92 Å². The van der Waals surface area contributed by atoms with Crippen molar-refractivity contribution in [2.45, 2.75) is 33.6 Å². The summed E-state index contributed by atoms with van der Waals surface area (Å²) in [7, 11) is 0. The van der Waals surface area contributed by atoms with Crippen LogP contribution in [0.2, 0.25) is 0 Å². The second-order valence-electron chi connectivity index (χ2n) is 6.34.